The minimum atomic E-state index is -0.773. The molecule has 0 saturated carbocycles. The Balaban J connectivity index is 1.90. The zero-order chi connectivity index (χ0) is 17.0. The molecule has 1 atom stereocenters. The number of primary amides is 1. The fourth-order valence-corrected chi connectivity index (χ4v) is 3.31. The van der Waals surface area contributed by atoms with Crippen LogP contribution in [-0.2, 0) is 9.59 Å². The minimum Gasteiger partial charge on any atom is -0.366 e. The fourth-order valence-electron chi connectivity index (χ4n) is 3.31. The molecule has 2 aromatic rings. The van der Waals surface area contributed by atoms with Crippen LogP contribution >= 0.6 is 0 Å². The summed E-state index contributed by atoms with van der Waals surface area (Å²) in [6.07, 6.45) is 1.87. The van der Waals surface area contributed by atoms with Crippen molar-refractivity contribution in [2.24, 2.45) is 5.73 Å². The maximum Gasteiger partial charge on any atom is 0.259 e. The van der Waals surface area contributed by atoms with E-state index in [-0.39, 0.29) is 30.2 Å². The Hall–Kier alpha value is -3.29. The highest BCUT2D eigenvalue weighted by Gasteiger charge is 2.41. The molecule has 24 heavy (non-hydrogen) atoms. The molecule has 4 rings (SSSR count). The van der Waals surface area contributed by atoms with Crippen molar-refractivity contribution < 1.29 is 19.2 Å². The smallest absolute Gasteiger partial charge is 0.259 e. The van der Waals surface area contributed by atoms with Crippen molar-refractivity contribution in [3.05, 3.63) is 35.5 Å². The molecule has 0 bridgehead atoms. The highest BCUT2D eigenvalue weighted by Crippen LogP contribution is 2.39. The lowest BCUT2D eigenvalue weighted by Gasteiger charge is -2.30. The van der Waals surface area contributed by atoms with E-state index < -0.39 is 17.9 Å². The Bertz CT molecular complexity index is 952. The van der Waals surface area contributed by atoms with E-state index in [9.17, 15) is 19.2 Å². The van der Waals surface area contributed by atoms with Gasteiger partial charge in [-0.05, 0) is 24.6 Å². The van der Waals surface area contributed by atoms with Gasteiger partial charge in [0.15, 0.2) is 0 Å². The number of nitrogens with one attached hydrogen (secondary N) is 1. The molecule has 0 radical (unpaired) electrons. The number of amides is 4. The van der Waals surface area contributed by atoms with E-state index in [1.165, 1.54) is 23.2 Å². The average Bonchev–Trinajstić information content (AvgIpc) is 2.82. The van der Waals surface area contributed by atoms with Crippen molar-refractivity contribution in [1.82, 2.24) is 10.3 Å². The number of hydrogen-bond donors (Lipinski definition) is 2. The van der Waals surface area contributed by atoms with Gasteiger partial charge >= 0.3 is 0 Å². The minimum absolute atomic E-state index is 0.164. The van der Waals surface area contributed by atoms with Gasteiger partial charge in [0, 0.05) is 18.0 Å². The molecule has 8 heteroatoms. The average molecular weight is 324 g/mol. The first-order chi connectivity index (χ1) is 11.5. The Morgan fingerprint density at radius 3 is 2.75 bits per heavy atom. The molecule has 2 aliphatic rings. The maximum atomic E-state index is 12.8. The second kappa shape index (κ2) is 4.85. The number of nitrogens with two attached hydrogens (primary N) is 1. The molecule has 1 aromatic heterocycles. The second-order valence-corrected chi connectivity index (χ2v) is 5.72. The quantitative estimate of drug-likeness (QED) is 0.759. The molecular weight excluding hydrogens is 312 g/mol. The van der Waals surface area contributed by atoms with E-state index >= 15 is 0 Å². The zero-order valence-corrected chi connectivity index (χ0v) is 12.4. The van der Waals surface area contributed by atoms with Gasteiger partial charge in [-0.3, -0.25) is 34.4 Å². The van der Waals surface area contributed by atoms with Gasteiger partial charge in [-0.2, -0.15) is 0 Å². The zero-order valence-electron chi connectivity index (χ0n) is 12.4. The lowest BCUT2D eigenvalue weighted by atomic mass is 10.0. The van der Waals surface area contributed by atoms with Crippen LogP contribution in [0, 0.1) is 0 Å². The van der Waals surface area contributed by atoms with Gasteiger partial charge < -0.3 is 5.73 Å². The summed E-state index contributed by atoms with van der Waals surface area (Å²) in [4.78, 5) is 53.5. The van der Waals surface area contributed by atoms with Crippen molar-refractivity contribution in [2.75, 3.05) is 4.90 Å². The number of carbonyl (C=O) groups is 4. The summed E-state index contributed by atoms with van der Waals surface area (Å²) in [5, 5.41) is 2.76. The summed E-state index contributed by atoms with van der Waals surface area (Å²) in [5.41, 5.74) is 6.78. The van der Waals surface area contributed by atoms with Gasteiger partial charge in [0.2, 0.25) is 11.8 Å². The summed E-state index contributed by atoms with van der Waals surface area (Å²) in [6.45, 7) is 0. The molecule has 3 heterocycles. The molecule has 8 nitrogen and oxygen atoms in total. The molecule has 1 saturated heterocycles. The summed E-state index contributed by atoms with van der Waals surface area (Å²) in [7, 11) is 0. The predicted molar refractivity (Wildman–Crippen MR) is 83.2 cm³/mol. The third kappa shape index (κ3) is 1.82. The van der Waals surface area contributed by atoms with E-state index in [1.807, 2.05) is 0 Å². The Morgan fingerprint density at radius 1 is 1.25 bits per heavy atom. The van der Waals surface area contributed by atoms with Crippen LogP contribution in [0.1, 0.15) is 33.6 Å². The molecule has 0 aliphatic carbocycles. The number of imide groups is 1. The van der Waals surface area contributed by atoms with Crippen molar-refractivity contribution in [2.45, 2.75) is 18.9 Å². The third-order valence-electron chi connectivity index (χ3n) is 4.37. The highest BCUT2D eigenvalue weighted by molar-refractivity contribution is 6.28. The van der Waals surface area contributed by atoms with Crippen molar-refractivity contribution in [3.8, 4) is 0 Å². The van der Waals surface area contributed by atoms with Crippen LogP contribution in [0.25, 0.3) is 10.9 Å². The number of aromatic nitrogens is 1. The molecule has 1 aromatic carbocycles. The number of carbonyl (C=O) groups excluding carboxylic acids is 4. The van der Waals surface area contributed by atoms with E-state index in [2.05, 4.69) is 10.3 Å². The number of nitrogens with zero attached hydrogens (tertiary/aromatic N) is 2. The van der Waals surface area contributed by atoms with Crippen LogP contribution in [0.3, 0.4) is 0 Å². The van der Waals surface area contributed by atoms with Crippen molar-refractivity contribution in [1.29, 1.82) is 0 Å². The Labute approximate surface area is 135 Å². The van der Waals surface area contributed by atoms with Gasteiger partial charge in [-0.15, -0.1) is 0 Å². The Morgan fingerprint density at radius 2 is 2.04 bits per heavy atom. The first kappa shape index (κ1) is 14.3. The molecule has 0 spiro atoms. The first-order valence-corrected chi connectivity index (χ1v) is 7.38. The van der Waals surface area contributed by atoms with Gasteiger partial charge in [0.25, 0.3) is 11.8 Å². The molecule has 1 fully saturated rings. The van der Waals surface area contributed by atoms with Gasteiger partial charge in [-0.1, -0.05) is 0 Å². The summed E-state index contributed by atoms with van der Waals surface area (Å²) >= 11 is 0. The van der Waals surface area contributed by atoms with Crippen molar-refractivity contribution >= 4 is 40.2 Å². The molecular formula is C16H12N4O4. The highest BCUT2D eigenvalue weighted by atomic mass is 16.2. The first-order valence-electron chi connectivity index (χ1n) is 7.38. The number of benzene rings is 1. The normalized spacial score (nSPS) is 19.8. The summed E-state index contributed by atoms with van der Waals surface area (Å²) < 4.78 is 0. The second-order valence-electron chi connectivity index (χ2n) is 5.72. The van der Waals surface area contributed by atoms with Crippen LogP contribution in [0.2, 0.25) is 0 Å². The Kier molecular flexibility index (Phi) is 2.89. The van der Waals surface area contributed by atoms with E-state index in [4.69, 9.17) is 5.73 Å². The van der Waals surface area contributed by atoms with Crippen LogP contribution < -0.4 is 16.0 Å². The topological polar surface area (TPSA) is 122 Å². The van der Waals surface area contributed by atoms with Crippen LogP contribution in [0.4, 0.5) is 5.69 Å². The summed E-state index contributed by atoms with van der Waals surface area (Å²) in [6, 6.07) is 3.82. The molecule has 1 unspecified atom stereocenters. The number of hydrogen-bond acceptors (Lipinski definition) is 5. The largest absolute Gasteiger partial charge is 0.366 e. The molecule has 120 valence electrons. The predicted octanol–water partition coefficient (Wildman–Crippen LogP) is 0.0991. The van der Waals surface area contributed by atoms with Crippen LogP contribution in [0.5, 0.6) is 0 Å². The maximum absolute atomic E-state index is 12.8. The molecule has 4 amide bonds. The summed E-state index contributed by atoms with van der Waals surface area (Å²) in [5.74, 6) is -1.85. The number of pyridine rings is 1. The fraction of sp³-hybridized carbons (Fsp3) is 0.188. The standard InChI is InChI=1S/C16H12N4O4/c17-14(22)8-2-1-7-12-9(5-6-18-13(8)12)20(16(7)24)10-3-4-11(21)19-15(10)23/h1-2,5-6,10H,3-4H2,(H2,17,22)(H,19,21,23). The lowest BCUT2D eigenvalue weighted by molar-refractivity contribution is -0.134. The number of rotatable bonds is 2. The van der Waals surface area contributed by atoms with E-state index in [1.54, 1.807) is 6.07 Å². The van der Waals surface area contributed by atoms with Crippen LogP contribution in [-0.4, -0.2) is 34.7 Å². The molecule has 3 N–H and O–H groups in total. The monoisotopic (exact) mass is 324 g/mol. The van der Waals surface area contributed by atoms with Gasteiger partial charge in [-0.25, -0.2) is 0 Å². The van der Waals surface area contributed by atoms with E-state index in [0.29, 0.717) is 22.2 Å². The third-order valence-corrected chi connectivity index (χ3v) is 4.37. The number of anilines is 1. The SMILES string of the molecule is NC(=O)c1ccc2c3c(ccnc13)N(C1CCC(=O)NC1=O)C2=O. The molecule has 2 aliphatic heterocycles. The number of piperidine rings is 1. The van der Waals surface area contributed by atoms with Crippen molar-refractivity contribution in [3.63, 3.8) is 0 Å². The van der Waals surface area contributed by atoms with Gasteiger partial charge in [0.1, 0.15) is 6.04 Å². The van der Waals surface area contributed by atoms with Gasteiger partial charge in [0.05, 0.1) is 22.3 Å². The lowest BCUT2D eigenvalue weighted by Crippen LogP contribution is -2.53. The van der Waals surface area contributed by atoms with Crippen LogP contribution in [0.15, 0.2) is 24.4 Å². The van der Waals surface area contributed by atoms with E-state index in [0.717, 1.165) is 0 Å².